The number of aliphatic imine (C=N–C) groups is 2. The second-order valence-electron chi connectivity index (χ2n) is 12.2. The smallest absolute Gasteiger partial charge is 0.245 e. The molecule has 8 heteroatoms. The number of carbonyl (C=O) groups excluding carboxylic acids is 2. The Kier molecular flexibility index (Phi) is 8.85. The van der Waals surface area contributed by atoms with E-state index in [1.165, 1.54) is 101 Å². The number of amidine groups is 2. The van der Waals surface area contributed by atoms with Crippen molar-refractivity contribution in [1.29, 1.82) is 0 Å². The standard InChI is InChI=1S/C30H44N4O2S2/c35-27-25(33(23-17-9-3-10-18-23)29(37-27)31-21-13-5-1-6-14-21)26-28(36)38-30(32-22-15-7-2-8-16-22)34(26)24-19-11-4-12-20-24/h21-24H,1-20H2/b26-25-,31-29?,32-30?. The number of hydrogen-bond donors (Lipinski definition) is 0. The summed E-state index contributed by atoms with van der Waals surface area (Å²) in [6, 6.07) is 1.14. The number of hydrogen-bond acceptors (Lipinski definition) is 6. The molecule has 2 saturated heterocycles. The van der Waals surface area contributed by atoms with E-state index in [2.05, 4.69) is 9.80 Å². The van der Waals surface area contributed by atoms with E-state index in [-0.39, 0.29) is 22.3 Å². The predicted molar refractivity (Wildman–Crippen MR) is 158 cm³/mol. The highest BCUT2D eigenvalue weighted by atomic mass is 32.2. The summed E-state index contributed by atoms with van der Waals surface area (Å²) in [6.07, 6.45) is 23.5. The number of nitrogens with zero attached hydrogens (tertiary/aromatic N) is 4. The molecule has 4 aliphatic carbocycles. The van der Waals surface area contributed by atoms with Crippen LogP contribution in [0.3, 0.4) is 0 Å². The molecule has 0 unspecified atom stereocenters. The Morgan fingerprint density at radius 2 is 0.789 bits per heavy atom. The second kappa shape index (κ2) is 12.5. The quantitative estimate of drug-likeness (QED) is 0.336. The second-order valence-corrected chi connectivity index (χ2v) is 14.1. The van der Waals surface area contributed by atoms with E-state index in [1.54, 1.807) is 0 Å². The van der Waals surface area contributed by atoms with Gasteiger partial charge in [0, 0.05) is 12.1 Å². The van der Waals surface area contributed by atoms with Crippen molar-refractivity contribution in [3.8, 4) is 0 Å². The number of thioether (sulfide) groups is 2. The zero-order valence-corrected chi connectivity index (χ0v) is 24.5. The van der Waals surface area contributed by atoms with E-state index in [4.69, 9.17) is 9.98 Å². The fourth-order valence-electron chi connectivity index (χ4n) is 7.44. The highest BCUT2D eigenvalue weighted by molar-refractivity contribution is 8.28. The maximum Gasteiger partial charge on any atom is 0.245 e. The van der Waals surface area contributed by atoms with Crippen molar-refractivity contribution < 1.29 is 9.59 Å². The van der Waals surface area contributed by atoms with Crippen molar-refractivity contribution >= 4 is 44.1 Å². The van der Waals surface area contributed by atoms with Gasteiger partial charge in [-0.2, -0.15) is 0 Å². The number of carbonyl (C=O) groups is 2. The summed E-state index contributed by atoms with van der Waals surface area (Å²) in [4.78, 5) is 42.7. The van der Waals surface area contributed by atoms with Gasteiger partial charge in [-0.25, -0.2) is 0 Å². The molecule has 4 saturated carbocycles. The lowest BCUT2D eigenvalue weighted by Crippen LogP contribution is -2.42. The van der Waals surface area contributed by atoms with Gasteiger partial charge < -0.3 is 9.80 Å². The molecule has 6 rings (SSSR count). The van der Waals surface area contributed by atoms with E-state index < -0.39 is 0 Å². The van der Waals surface area contributed by atoms with Gasteiger partial charge in [0.2, 0.25) is 10.2 Å². The third kappa shape index (κ3) is 5.77. The third-order valence-corrected chi connectivity index (χ3v) is 11.2. The summed E-state index contributed by atoms with van der Waals surface area (Å²) in [6.45, 7) is 0. The predicted octanol–water partition coefficient (Wildman–Crippen LogP) is 7.39. The molecule has 0 aromatic heterocycles. The summed E-state index contributed by atoms with van der Waals surface area (Å²) in [5.74, 6) is 0. The van der Waals surface area contributed by atoms with Crippen molar-refractivity contribution in [3.05, 3.63) is 11.4 Å². The van der Waals surface area contributed by atoms with Crippen LogP contribution in [0.1, 0.15) is 128 Å². The van der Waals surface area contributed by atoms with Gasteiger partial charge >= 0.3 is 0 Å². The normalized spacial score (nSPS) is 31.9. The molecule has 0 radical (unpaired) electrons. The molecule has 6 aliphatic rings. The van der Waals surface area contributed by atoms with E-state index in [0.717, 1.165) is 61.7 Å². The van der Waals surface area contributed by atoms with Gasteiger partial charge in [0.05, 0.1) is 12.1 Å². The fraction of sp³-hybridized carbons (Fsp3) is 0.800. The molecule has 6 fully saturated rings. The molecule has 0 N–H and O–H groups in total. The van der Waals surface area contributed by atoms with Gasteiger partial charge in [-0.3, -0.25) is 19.6 Å². The first kappa shape index (κ1) is 26.9. The molecule has 2 heterocycles. The van der Waals surface area contributed by atoms with Crippen molar-refractivity contribution in [2.45, 2.75) is 153 Å². The first-order valence-electron chi connectivity index (χ1n) is 15.6. The SMILES string of the molecule is O=C1SC(=NC2CCCCC2)N(C2CCCCC2)/C1=C1/C(=O)SC(=NC2CCCCC2)N1C1CCCCC1. The van der Waals surface area contributed by atoms with Crippen LogP contribution in [-0.2, 0) is 9.59 Å². The highest BCUT2D eigenvalue weighted by Crippen LogP contribution is 2.45. The van der Waals surface area contributed by atoms with Crippen LogP contribution in [0.5, 0.6) is 0 Å². The lowest BCUT2D eigenvalue weighted by atomic mass is 9.93. The van der Waals surface area contributed by atoms with Crippen LogP contribution in [0.25, 0.3) is 0 Å². The average molecular weight is 557 g/mol. The van der Waals surface area contributed by atoms with Crippen LogP contribution in [0.15, 0.2) is 21.4 Å². The van der Waals surface area contributed by atoms with Crippen LogP contribution in [0.2, 0.25) is 0 Å². The molecule has 0 bridgehead atoms. The van der Waals surface area contributed by atoms with E-state index in [1.807, 2.05) is 0 Å². The van der Waals surface area contributed by atoms with Gasteiger partial charge in [0.15, 0.2) is 10.3 Å². The maximum absolute atomic E-state index is 13.9. The summed E-state index contributed by atoms with van der Waals surface area (Å²) in [5.41, 5.74) is 1.27. The minimum Gasteiger partial charge on any atom is -0.312 e. The topological polar surface area (TPSA) is 65.3 Å². The third-order valence-electron chi connectivity index (χ3n) is 9.49. The highest BCUT2D eigenvalue weighted by Gasteiger charge is 2.48. The van der Waals surface area contributed by atoms with Gasteiger partial charge in [-0.15, -0.1) is 0 Å². The Bertz CT molecular complexity index is 906. The summed E-state index contributed by atoms with van der Waals surface area (Å²) in [5, 5.41) is 1.79. The lowest BCUT2D eigenvalue weighted by molar-refractivity contribution is -0.111. The summed E-state index contributed by atoms with van der Waals surface area (Å²) >= 11 is 2.59. The molecule has 6 nitrogen and oxygen atoms in total. The lowest BCUT2D eigenvalue weighted by Gasteiger charge is -2.37. The molecule has 0 atom stereocenters. The van der Waals surface area contributed by atoms with Crippen LogP contribution >= 0.6 is 23.5 Å². The van der Waals surface area contributed by atoms with Crippen molar-refractivity contribution in [2.75, 3.05) is 0 Å². The van der Waals surface area contributed by atoms with Gasteiger partial charge in [0.1, 0.15) is 11.4 Å². The zero-order valence-electron chi connectivity index (χ0n) is 22.9. The Hall–Kier alpha value is -1.28. The van der Waals surface area contributed by atoms with Gasteiger partial charge in [-0.1, -0.05) is 77.0 Å². The first-order chi connectivity index (χ1) is 18.7. The minimum absolute atomic E-state index is 0.0220. The Morgan fingerprint density at radius 1 is 0.474 bits per heavy atom. The van der Waals surface area contributed by atoms with Crippen molar-refractivity contribution in [3.63, 3.8) is 0 Å². The summed E-state index contributed by atoms with van der Waals surface area (Å²) in [7, 11) is 0. The van der Waals surface area contributed by atoms with E-state index in [0.29, 0.717) is 23.5 Å². The Morgan fingerprint density at radius 3 is 1.13 bits per heavy atom. The minimum atomic E-state index is 0.0220. The fourth-order valence-corrected chi connectivity index (χ4v) is 9.43. The number of rotatable bonds is 4. The maximum atomic E-state index is 13.9. The van der Waals surface area contributed by atoms with Crippen LogP contribution in [0.4, 0.5) is 0 Å². The molecule has 0 aromatic carbocycles. The molecule has 208 valence electrons. The van der Waals surface area contributed by atoms with Crippen LogP contribution < -0.4 is 0 Å². The van der Waals surface area contributed by atoms with Gasteiger partial charge in [-0.05, 0) is 74.9 Å². The van der Waals surface area contributed by atoms with E-state index >= 15 is 0 Å². The first-order valence-corrected chi connectivity index (χ1v) is 17.2. The summed E-state index contributed by atoms with van der Waals surface area (Å²) < 4.78 is 0. The molecule has 0 spiro atoms. The largest absolute Gasteiger partial charge is 0.312 e. The molecule has 2 aliphatic heterocycles. The molecule has 0 aromatic rings. The Labute approximate surface area is 236 Å². The molecule has 0 amide bonds. The zero-order chi connectivity index (χ0) is 25.9. The molecular formula is C30H44N4O2S2. The van der Waals surface area contributed by atoms with Crippen LogP contribution in [0, 0.1) is 0 Å². The average Bonchev–Trinajstić information content (AvgIpc) is 3.45. The molecule has 38 heavy (non-hydrogen) atoms. The monoisotopic (exact) mass is 556 g/mol. The van der Waals surface area contributed by atoms with E-state index in [9.17, 15) is 9.59 Å². The Balaban J connectivity index is 1.42. The van der Waals surface area contributed by atoms with Gasteiger partial charge in [0.25, 0.3) is 0 Å². The molecular weight excluding hydrogens is 512 g/mol. The van der Waals surface area contributed by atoms with Crippen molar-refractivity contribution in [2.24, 2.45) is 9.98 Å². The van der Waals surface area contributed by atoms with Crippen molar-refractivity contribution in [1.82, 2.24) is 9.80 Å². The van der Waals surface area contributed by atoms with Crippen LogP contribution in [-0.4, -0.2) is 54.5 Å².